The highest BCUT2D eigenvalue weighted by Gasteiger charge is 2.30. The van der Waals surface area contributed by atoms with Gasteiger partial charge in [-0.2, -0.15) is 18.4 Å². The molecule has 0 N–H and O–H groups in total. The topological polar surface area (TPSA) is 58.8 Å². The number of benzene rings is 1. The number of allylic oxidation sites excluding steroid dienone is 1. The average molecular weight is 387 g/mol. The van der Waals surface area contributed by atoms with Gasteiger partial charge in [0.1, 0.15) is 18.4 Å². The molecule has 3 rings (SSSR count). The zero-order chi connectivity index (χ0) is 19.3. The SMILES string of the molecule is N#C/C(=C\c1ccc(OCc2cscn2)cc1)c1ccc(C(F)(F)F)cn1. The Hall–Kier alpha value is -3.18. The summed E-state index contributed by atoms with van der Waals surface area (Å²) in [5.74, 6) is 0.645. The lowest BCUT2D eigenvalue weighted by atomic mass is 10.1. The first-order valence-electron chi connectivity index (χ1n) is 7.71. The molecule has 4 nitrogen and oxygen atoms in total. The fourth-order valence-electron chi connectivity index (χ4n) is 2.18. The van der Waals surface area contributed by atoms with Gasteiger partial charge < -0.3 is 4.74 Å². The second-order valence-electron chi connectivity index (χ2n) is 5.44. The first kappa shape index (κ1) is 18.6. The van der Waals surface area contributed by atoms with Crippen molar-refractivity contribution < 1.29 is 17.9 Å². The van der Waals surface area contributed by atoms with E-state index in [2.05, 4.69) is 9.97 Å². The van der Waals surface area contributed by atoms with Crippen LogP contribution in [0.2, 0.25) is 0 Å². The second-order valence-corrected chi connectivity index (χ2v) is 6.16. The molecule has 0 aliphatic carbocycles. The van der Waals surface area contributed by atoms with E-state index in [4.69, 9.17) is 4.74 Å². The monoisotopic (exact) mass is 387 g/mol. The highest BCUT2D eigenvalue weighted by atomic mass is 32.1. The van der Waals surface area contributed by atoms with Gasteiger partial charge in [0.05, 0.1) is 28.0 Å². The maximum absolute atomic E-state index is 12.6. The molecule has 0 amide bonds. The Kier molecular flexibility index (Phi) is 5.52. The van der Waals surface area contributed by atoms with Crippen molar-refractivity contribution in [1.82, 2.24) is 9.97 Å². The van der Waals surface area contributed by atoms with Gasteiger partial charge in [0.15, 0.2) is 0 Å². The van der Waals surface area contributed by atoms with E-state index in [1.165, 1.54) is 17.4 Å². The Morgan fingerprint density at radius 1 is 1.15 bits per heavy atom. The number of pyridine rings is 1. The molecule has 0 aliphatic heterocycles. The molecule has 136 valence electrons. The number of hydrogen-bond acceptors (Lipinski definition) is 5. The lowest BCUT2D eigenvalue weighted by Gasteiger charge is -2.07. The van der Waals surface area contributed by atoms with Crippen LogP contribution in [0.25, 0.3) is 11.6 Å². The number of hydrogen-bond donors (Lipinski definition) is 0. The van der Waals surface area contributed by atoms with E-state index in [-0.39, 0.29) is 11.3 Å². The molecule has 0 radical (unpaired) electrons. The van der Waals surface area contributed by atoms with E-state index in [0.717, 1.165) is 18.0 Å². The van der Waals surface area contributed by atoms with Gasteiger partial charge in [0.2, 0.25) is 0 Å². The maximum Gasteiger partial charge on any atom is 0.417 e. The molecule has 0 fully saturated rings. The van der Waals surface area contributed by atoms with Gasteiger partial charge in [0, 0.05) is 11.6 Å². The van der Waals surface area contributed by atoms with Gasteiger partial charge in [0.25, 0.3) is 0 Å². The third kappa shape index (κ3) is 4.92. The maximum atomic E-state index is 12.6. The Morgan fingerprint density at radius 2 is 1.93 bits per heavy atom. The van der Waals surface area contributed by atoms with Crippen LogP contribution in [-0.2, 0) is 12.8 Å². The van der Waals surface area contributed by atoms with Gasteiger partial charge in [-0.25, -0.2) is 4.98 Å². The molecule has 0 bridgehead atoms. The molecule has 0 spiro atoms. The fraction of sp³-hybridized carbons (Fsp3) is 0.105. The Bertz CT molecular complexity index is 957. The number of aromatic nitrogens is 2. The zero-order valence-corrected chi connectivity index (χ0v) is 14.6. The van der Waals surface area contributed by atoms with Gasteiger partial charge in [-0.3, -0.25) is 4.98 Å². The molecule has 0 unspecified atom stereocenters. The lowest BCUT2D eigenvalue weighted by Crippen LogP contribution is -2.05. The predicted molar refractivity (Wildman–Crippen MR) is 95.6 cm³/mol. The van der Waals surface area contributed by atoms with E-state index in [0.29, 0.717) is 17.9 Å². The molecule has 0 saturated heterocycles. The van der Waals surface area contributed by atoms with Gasteiger partial charge >= 0.3 is 6.18 Å². The van der Waals surface area contributed by atoms with Crippen LogP contribution in [0.5, 0.6) is 5.75 Å². The van der Waals surface area contributed by atoms with Gasteiger partial charge in [-0.15, -0.1) is 11.3 Å². The average Bonchev–Trinajstić information content (AvgIpc) is 3.18. The van der Waals surface area contributed by atoms with Crippen LogP contribution in [0.4, 0.5) is 13.2 Å². The highest BCUT2D eigenvalue weighted by Crippen LogP contribution is 2.29. The summed E-state index contributed by atoms with van der Waals surface area (Å²) in [5.41, 5.74) is 2.75. The molecule has 2 aromatic heterocycles. The van der Waals surface area contributed by atoms with E-state index < -0.39 is 11.7 Å². The molecular formula is C19H12F3N3OS. The summed E-state index contributed by atoms with van der Waals surface area (Å²) in [5, 5.41) is 11.2. The standard InChI is InChI=1S/C19H12F3N3OS/c20-19(21,22)15-3-6-18(24-9-15)14(8-23)7-13-1-4-17(5-2-13)26-10-16-11-27-12-25-16/h1-7,9,11-12H,10H2/b14-7+. The van der Waals surface area contributed by atoms with Crippen LogP contribution in [-0.4, -0.2) is 9.97 Å². The largest absolute Gasteiger partial charge is 0.487 e. The fourth-order valence-corrected chi connectivity index (χ4v) is 2.72. The summed E-state index contributed by atoms with van der Waals surface area (Å²) in [6.45, 7) is 0.359. The third-order valence-corrected chi connectivity index (χ3v) is 4.18. The Morgan fingerprint density at radius 3 is 2.48 bits per heavy atom. The van der Waals surface area contributed by atoms with Crippen LogP contribution >= 0.6 is 11.3 Å². The number of alkyl halides is 3. The predicted octanol–water partition coefficient (Wildman–Crippen LogP) is 5.20. The number of rotatable bonds is 5. The number of thiazole rings is 1. The van der Waals surface area contributed by atoms with Crippen LogP contribution in [0.1, 0.15) is 22.5 Å². The molecule has 0 atom stereocenters. The van der Waals surface area contributed by atoms with Crippen molar-refractivity contribution in [3.8, 4) is 11.8 Å². The number of halogens is 3. The molecule has 1 aromatic carbocycles. The summed E-state index contributed by atoms with van der Waals surface area (Å²) >= 11 is 1.49. The minimum absolute atomic E-state index is 0.167. The van der Waals surface area contributed by atoms with Crippen molar-refractivity contribution in [3.63, 3.8) is 0 Å². The normalized spacial score (nSPS) is 11.9. The first-order valence-corrected chi connectivity index (χ1v) is 8.65. The Balaban J connectivity index is 1.72. The van der Waals surface area contributed by atoms with E-state index in [9.17, 15) is 18.4 Å². The molecule has 0 aliphatic rings. The molecule has 0 saturated carbocycles. The van der Waals surface area contributed by atoms with Crippen molar-refractivity contribution in [2.45, 2.75) is 12.8 Å². The molecule has 2 heterocycles. The molecule has 8 heteroatoms. The van der Waals surface area contributed by atoms with Crippen LogP contribution in [0, 0.1) is 11.3 Å². The summed E-state index contributed by atoms with van der Waals surface area (Å²) in [7, 11) is 0. The minimum atomic E-state index is -4.46. The van der Waals surface area contributed by atoms with Crippen molar-refractivity contribution in [2.75, 3.05) is 0 Å². The Labute approximate surface area is 157 Å². The van der Waals surface area contributed by atoms with E-state index in [1.54, 1.807) is 35.9 Å². The first-order chi connectivity index (χ1) is 13.0. The zero-order valence-electron chi connectivity index (χ0n) is 13.8. The van der Waals surface area contributed by atoms with Crippen LogP contribution in [0.3, 0.4) is 0 Å². The lowest BCUT2D eigenvalue weighted by molar-refractivity contribution is -0.137. The number of nitrogens with zero attached hydrogens (tertiary/aromatic N) is 3. The summed E-state index contributed by atoms with van der Waals surface area (Å²) in [6, 6.07) is 11.0. The number of nitriles is 1. The molecule has 27 heavy (non-hydrogen) atoms. The molecular weight excluding hydrogens is 375 g/mol. The highest BCUT2D eigenvalue weighted by molar-refractivity contribution is 7.07. The van der Waals surface area contributed by atoms with Crippen LogP contribution in [0.15, 0.2) is 53.5 Å². The van der Waals surface area contributed by atoms with Gasteiger partial charge in [-0.05, 0) is 35.9 Å². The summed E-state index contributed by atoms with van der Waals surface area (Å²) in [6.07, 6.45) is -2.19. The molecule has 3 aromatic rings. The van der Waals surface area contributed by atoms with E-state index in [1.807, 2.05) is 11.4 Å². The van der Waals surface area contributed by atoms with Crippen LogP contribution < -0.4 is 4.74 Å². The van der Waals surface area contributed by atoms with Gasteiger partial charge in [-0.1, -0.05) is 12.1 Å². The van der Waals surface area contributed by atoms with Crippen molar-refractivity contribution >= 4 is 23.0 Å². The summed E-state index contributed by atoms with van der Waals surface area (Å²) in [4.78, 5) is 7.87. The quantitative estimate of drug-likeness (QED) is 0.565. The minimum Gasteiger partial charge on any atom is -0.487 e. The van der Waals surface area contributed by atoms with E-state index >= 15 is 0 Å². The smallest absolute Gasteiger partial charge is 0.417 e. The third-order valence-electron chi connectivity index (χ3n) is 3.55. The number of ether oxygens (including phenoxy) is 1. The second kappa shape index (κ2) is 8.01. The van der Waals surface area contributed by atoms with Crippen molar-refractivity contribution in [3.05, 3.63) is 76.0 Å². The van der Waals surface area contributed by atoms with Crippen molar-refractivity contribution in [1.29, 1.82) is 5.26 Å². The van der Waals surface area contributed by atoms with Crippen molar-refractivity contribution in [2.24, 2.45) is 0 Å². The summed E-state index contributed by atoms with van der Waals surface area (Å²) < 4.78 is 43.4.